The van der Waals surface area contributed by atoms with Gasteiger partial charge in [0.15, 0.2) is 0 Å². The summed E-state index contributed by atoms with van der Waals surface area (Å²) < 4.78 is 0. The largest absolute Gasteiger partial charge is 0.321 e. The van der Waals surface area contributed by atoms with Crippen LogP contribution in [0.1, 0.15) is 18.1 Å². The summed E-state index contributed by atoms with van der Waals surface area (Å²) in [5.74, 6) is 0. The molecule has 0 saturated heterocycles. The minimum atomic E-state index is -0.177. The van der Waals surface area contributed by atoms with Crippen LogP contribution in [0, 0.1) is 0 Å². The molecule has 2 aromatic carbocycles. The summed E-state index contributed by atoms with van der Waals surface area (Å²) in [5, 5.41) is 2.69. The Kier molecular flexibility index (Phi) is 1.35. The van der Waals surface area contributed by atoms with E-state index in [1.165, 1.54) is 21.9 Å². The third-order valence-corrected chi connectivity index (χ3v) is 3.16. The molecule has 2 N–H and O–H groups in total. The highest BCUT2D eigenvalue weighted by Gasteiger charge is 2.30. The molecule has 0 radical (unpaired) electrons. The van der Waals surface area contributed by atoms with Crippen LogP contribution in [0.5, 0.6) is 0 Å². The van der Waals surface area contributed by atoms with Crippen molar-refractivity contribution in [3.8, 4) is 0 Å². The lowest BCUT2D eigenvalue weighted by Gasteiger charge is -2.18. The van der Waals surface area contributed by atoms with Gasteiger partial charge >= 0.3 is 0 Å². The molecule has 1 unspecified atom stereocenters. The lowest BCUT2D eigenvalue weighted by molar-refractivity contribution is 0.513. The molecule has 14 heavy (non-hydrogen) atoms. The van der Waals surface area contributed by atoms with Crippen LogP contribution in [0.3, 0.4) is 0 Å². The molecular formula is C13H13N. The van der Waals surface area contributed by atoms with Crippen LogP contribution in [0.2, 0.25) is 0 Å². The van der Waals surface area contributed by atoms with E-state index in [0.717, 1.165) is 6.42 Å². The Hall–Kier alpha value is -1.34. The highest BCUT2D eigenvalue weighted by atomic mass is 14.7. The summed E-state index contributed by atoms with van der Waals surface area (Å²) in [4.78, 5) is 0. The van der Waals surface area contributed by atoms with E-state index in [2.05, 4.69) is 43.3 Å². The van der Waals surface area contributed by atoms with Crippen molar-refractivity contribution in [2.75, 3.05) is 0 Å². The van der Waals surface area contributed by atoms with Crippen LogP contribution >= 0.6 is 0 Å². The molecule has 0 aromatic heterocycles. The molecule has 70 valence electrons. The molecule has 3 rings (SSSR count). The monoisotopic (exact) mass is 183 g/mol. The zero-order valence-electron chi connectivity index (χ0n) is 8.25. The Labute approximate surface area is 83.5 Å². The maximum Gasteiger partial charge on any atom is 0.0428 e. The molecular weight excluding hydrogens is 170 g/mol. The van der Waals surface area contributed by atoms with E-state index in [9.17, 15) is 0 Å². The molecule has 2 aromatic rings. The Morgan fingerprint density at radius 2 is 1.86 bits per heavy atom. The van der Waals surface area contributed by atoms with E-state index < -0.39 is 0 Å². The molecule has 0 bridgehead atoms. The summed E-state index contributed by atoms with van der Waals surface area (Å²) in [5.41, 5.74) is 8.79. The van der Waals surface area contributed by atoms with E-state index in [4.69, 9.17) is 5.73 Å². The van der Waals surface area contributed by atoms with E-state index in [1.54, 1.807) is 0 Å². The zero-order valence-corrected chi connectivity index (χ0v) is 8.25. The second-order valence-corrected chi connectivity index (χ2v) is 4.42. The van der Waals surface area contributed by atoms with Crippen molar-refractivity contribution >= 4 is 10.8 Å². The fraction of sp³-hybridized carbons (Fsp3) is 0.231. The van der Waals surface area contributed by atoms with Crippen LogP contribution < -0.4 is 5.73 Å². The molecule has 0 fully saturated rings. The van der Waals surface area contributed by atoms with E-state index in [1.807, 2.05) is 0 Å². The second kappa shape index (κ2) is 2.37. The van der Waals surface area contributed by atoms with E-state index >= 15 is 0 Å². The molecule has 1 aliphatic rings. The minimum Gasteiger partial charge on any atom is -0.321 e. The molecule has 0 heterocycles. The van der Waals surface area contributed by atoms with Crippen LogP contribution in [0.15, 0.2) is 36.4 Å². The average Bonchev–Trinajstić information content (AvgIpc) is 2.41. The fourth-order valence-corrected chi connectivity index (χ4v) is 2.53. The first-order valence-corrected chi connectivity index (χ1v) is 4.98. The highest BCUT2D eigenvalue weighted by molar-refractivity contribution is 5.92. The third-order valence-electron chi connectivity index (χ3n) is 3.16. The predicted molar refractivity (Wildman–Crippen MR) is 59.2 cm³/mol. The Morgan fingerprint density at radius 3 is 2.64 bits per heavy atom. The van der Waals surface area contributed by atoms with Crippen molar-refractivity contribution in [3.05, 3.63) is 47.5 Å². The lowest BCUT2D eigenvalue weighted by atomic mass is 9.94. The Bertz CT molecular complexity index is 506. The number of nitrogens with two attached hydrogens (primary N) is 1. The van der Waals surface area contributed by atoms with Crippen molar-refractivity contribution in [3.63, 3.8) is 0 Å². The number of hydrogen-bond acceptors (Lipinski definition) is 1. The first-order chi connectivity index (χ1) is 6.68. The summed E-state index contributed by atoms with van der Waals surface area (Å²) in [7, 11) is 0. The minimum absolute atomic E-state index is 0.177. The van der Waals surface area contributed by atoms with Gasteiger partial charge in [0.1, 0.15) is 0 Å². The van der Waals surface area contributed by atoms with Gasteiger partial charge in [0.2, 0.25) is 0 Å². The topological polar surface area (TPSA) is 26.0 Å². The Morgan fingerprint density at radius 1 is 1.14 bits per heavy atom. The van der Waals surface area contributed by atoms with Crippen LogP contribution in [-0.4, -0.2) is 0 Å². The average molecular weight is 183 g/mol. The molecule has 0 amide bonds. The molecule has 1 heteroatoms. The van der Waals surface area contributed by atoms with Gasteiger partial charge in [-0.1, -0.05) is 36.4 Å². The van der Waals surface area contributed by atoms with Gasteiger partial charge < -0.3 is 5.73 Å². The standard InChI is InChI=1S/C13H13N/c1-13(14)8-10-6-2-4-9-5-3-7-11(13)12(9)10/h2-7H,8,14H2,1H3. The van der Waals surface area contributed by atoms with Gasteiger partial charge in [0.25, 0.3) is 0 Å². The van der Waals surface area contributed by atoms with Crippen LogP contribution in [-0.2, 0) is 12.0 Å². The SMILES string of the molecule is CC1(N)Cc2cccc3cccc1c23. The van der Waals surface area contributed by atoms with Crippen molar-refractivity contribution in [2.45, 2.75) is 18.9 Å². The maximum atomic E-state index is 6.28. The first kappa shape index (κ1) is 8.01. The van der Waals surface area contributed by atoms with Crippen molar-refractivity contribution < 1.29 is 0 Å². The summed E-state index contributed by atoms with van der Waals surface area (Å²) in [6, 6.07) is 12.9. The van der Waals surface area contributed by atoms with Crippen molar-refractivity contribution in [1.82, 2.24) is 0 Å². The van der Waals surface area contributed by atoms with Gasteiger partial charge in [0, 0.05) is 5.54 Å². The molecule has 0 saturated carbocycles. The molecule has 1 atom stereocenters. The predicted octanol–water partition coefficient (Wildman–Crippen LogP) is 2.57. The zero-order chi connectivity index (χ0) is 9.76. The summed E-state index contributed by atoms with van der Waals surface area (Å²) >= 11 is 0. The number of benzene rings is 2. The van der Waals surface area contributed by atoms with Gasteiger partial charge in [-0.2, -0.15) is 0 Å². The quantitative estimate of drug-likeness (QED) is 0.667. The van der Waals surface area contributed by atoms with Crippen molar-refractivity contribution in [1.29, 1.82) is 0 Å². The first-order valence-electron chi connectivity index (χ1n) is 4.98. The lowest BCUT2D eigenvalue weighted by Crippen LogP contribution is -2.31. The summed E-state index contributed by atoms with van der Waals surface area (Å²) in [6.45, 7) is 2.11. The molecule has 0 aliphatic heterocycles. The Balaban J connectivity index is 2.50. The van der Waals surface area contributed by atoms with Gasteiger partial charge in [-0.15, -0.1) is 0 Å². The molecule has 0 spiro atoms. The molecule has 1 aliphatic carbocycles. The number of rotatable bonds is 0. The van der Waals surface area contributed by atoms with Crippen molar-refractivity contribution in [2.24, 2.45) is 5.73 Å². The second-order valence-electron chi connectivity index (χ2n) is 4.42. The summed E-state index contributed by atoms with van der Waals surface area (Å²) in [6.07, 6.45) is 0.962. The third kappa shape index (κ3) is 0.878. The van der Waals surface area contributed by atoms with Crippen LogP contribution in [0.4, 0.5) is 0 Å². The van der Waals surface area contributed by atoms with Gasteiger partial charge in [-0.25, -0.2) is 0 Å². The fourth-order valence-electron chi connectivity index (χ4n) is 2.53. The van der Waals surface area contributed by atoms with Gasteiger partial charge in [-0.3, -0.25) is 0 Å². The molecule has 1 nitrogen and oxygen atoms in total. The smallest absolute Gasteiger partial charge is 0.0428 e. The van der Waals surface area contributed by atoms with Crippen LogP contribution in [0.25, 0.3) is 10.8 Å². The maximum absolute atomic E-state index is 6.28. The van der Waals surface area contributed by atoms with E-state index in [-0.39, 0.29) is 5.54 Å². The van der Waals surface area contributed by atoms with Gasteiger partial charge in [0.05, 0.1) is 0 Å². The number of hydrogen-bond donors (Lipinski definition) is 1. The van der Waals surface area contributed by atoms with E-state index in [0.29, 0.717) is 0 Å². The van der Waals surface area contributed by atoms with Gasteiger partial charge in [-0.05, 0) is 35.2 Å². The normalized spacial score (nSPS) is 24.4. The highest BCUT2D eigenvalue weighted by Crippen LogP contribution is 2.38.